The molecule has 9 heteroatoms. The standard InChI is InChI=1S/C17H17ClN2O5S/c1-3-24-17(23)12-11(13(15(21)20-2)26-14(12)19)8-25-16(22)9-4-6-10(18)7-5-9/h4-7H,3,8,19H2,1-2H3,(H,20,21). The third-order valence-corrected chi connectivity index (χ3v) is 4.69. The maximum absolute atomic E-state index is 12.2. The summed E-state index contributed by atoms with van der Waals surface area (Å²) in [5, 5.41) is 3.08. The predicted molar refractivity (Wildman–Crippen MR) is 98.6 cm³/mol. The van der Waals surface area contributed by atoms with E-state index in [9.17, 15) is 14.4 Å². The molecule has 1 aromatic carbocycles. The molecule has 0 aliphatic carbocycles. The third-order valence-electron chi connectivity index (χ3n) is 3.37. The van der Waals surface area contributed by atoms with Crippen LogP contribution in [0.5, 0.6) is 0 Å². The quantitative estimate of drug-likeness (QED) is 0.727. The van der Waals surface area contributed by atoms with E-state index >= 15 is 0 Å². The largest absolute Gasteiger partial charge is 0.462 e. The van der Waals surface area contributed by atoms with Crippen molar-refractivity contribution >= 4 is 45.8 Å². The van der Waals surface area contributed by atoms with E-state index in [1.807, 2.05) is 0 Å². The first kappa shape index (κ1) is 19.7. The SMILES string of the molecule is CCOC(=O)c1c(N)sc(C(=O)NC)c1COC(=O)c1ccc(Cl)cc1. The van der Waals surface area contributed by atoms with Crippen LogP contribution in [-0.4, -0.2) is 31.5 Å². The maximum atomic E-state index is 12.2. The van der Waals surface area contributed by atoms with Crippen molar-refractivity contribution in [3.63, 3.8) is 0 Å². The van der Waals surface area contributed by atoms with Crippen LogP contribution in [0.4, 0.5) is 5.00 Å². The average molecular weight is 397 g/mol. The lowest BCUT2D eigenvalue weighted by molar-refractivity contribution is 0.0449. The number of hydrogen-bond acceptors (Lipinski definition) is 7. The number of nitrogens with one attached hydrogen (secondary N) is 1. The summed E-state index contributed by atoms with van der Waals surface area (Å²) in [6, 6.07) is 6.14. The van der Waals surface area contributed by atoms with Gasteiger partial charge < -0.3 is 20.5 Å². The van der Waals surface area contributed by atoms with Crippen LogP contribution in [0.25, 0.3) is 0 Å². The molecule has 0 radical (unpaired) electrons. The Morgan fingerprint density at radius 2 is 1.81 bits per heavy atom. The van der Waals surface area contributed by atoms with Crippen LogP contribution in [0.3, 0.4) is 0 Å². The molecule has 0 unspecified atom stereocenters. The second-order valence-corrected chi connectivity index (χ2v) is 6.52. The van der Waals surface area contributed by atoms with Crippen LogP contribution < -0.4 is 11.1 Å². The molecular weight excluding hydrogens is 380 g/mol. The van der Waals surface area contributed by atoms with Gasteiger partial charge in [0, 0.05) is 17.6 Å². The number of halogens is 1. The van der Waals surface area contributed by atoms with Crippen molar-refractivity contribution < 1.29 is 23.9 Å². The van der Waals surface area contributed by atoms with Gasteiger partial charge in [-0.15, -0.1) is 11.3 Å². The zero-order chi connectivity index (χ0) is 19.3. The zero-order valence-electron chi connectivity index (χ0n) is 14.1. The van der Waals surface area contributed by atoms with Crippen LogP contribution in [-0.2, 0) is 16.1 Å². The summed E-state index contributed by atoms with van der Waals surface area (Å²) in [6.07, 6.45) is 0. The van der Waals surface area contributed by atoms with Crippen molar-refractivity contribution in [1.82, 2.24) is 5.32 Å². The Morgan fingerprint density at radius 1 is 1.15 bits per heavy atom. The molecule has 0 bridgehead atoms. The molecule has 0 saturated carbocycles. The van der Waals surface area contributed by atoms with Crippen LogP contribution in [0, 0.1) is 0 Å². The highest BCUT2D eigenvalue weighted by Crippen LogP contribution is 2.32. The van der Waals surface area contributed by atoms with Gasteiger partial charge in [0.15, 0.2) is 0 Å². The van der Waals surface area contributed by atoms with Crippen molar-refractivity contribution in [2.75, 3.05) is 19.4 Å². The summed E-state index contributed by atoms with van der Waals surface area (Å²) >= 11 is 6.72. The fourth-order valence-corrected chi connectivity index (χ4v) is 3.29. The Morgan fingerprint density at radius 3 is 2.38 bits per heavy atom. The maximum Gasteiger partial charge on any atom is 0.341 e. The fourth-order valence-electron chi connectivity index (χ4n) is 2.15. The summed E-state index contributed by atoms with van der Waals surface area (Å²) in [5.74, 6) is -1.73. The molecule has 1 amide bonds. The minimum Gasteiger partial charge on any atom is -0.462 e. The van der Waals surface area contributed by atoms with Gasteiger partial charge in [0.2, 0.25) is 0 Å². The topological polar surface area (TPSA) is 108 Å². The van der Waals surface area contributed by atoms with E-state index in [4.69, 9.17) is 26.8 Å². The lowest BCUT2D eigenvalue weighted by atomic mass is 10.1. The summed E-state index contributed by atoms with van der Waals surface area (Å²) in [7, 11) is 1.45. The first-order valence-electron chi connectivity index (χ1n) is 7.62. The van der Waals surface area contributed by atoms with E-state index in [1.54, 1.807) is 19.1 Å². The number of anilines is 1. The normalized spacial score (nSPS) is 10.3. The molecule has 1 aromatic heterocycles. The van der Waals surface area contributed by atoms with E-state index in [1.165, 1.54) is 19.2 Å². The lowest BCUT2D eigenvalue weighted by Crippen LogP contribution is -2.19. The van der Waals surface area contributed by atoms with Gasteiger partial charge in [-0.1, -0.05) is 11.6 Å². The molecule has 0 fully saturated rings. The summed E-state index contributed by atoms with van der Waals surface area (Å²) in [4.78, 5) is 36.6. The van der Waals surface area contributed by atoms with Gasteiger partial charge in [-0.2, -0.15) is 0 Å². The van der Waals surface area contributed by atoms with Gasteiger partial charge in [-0.25, -0.2) is 9.59 Å². The first-order valence-corrected chi connectivity index (χ1v) is 8.81. The van der Waals surface area contributed by atoms with Crippen molar-refractivity contribution in [1.29, 1.82) is 0 Å². The summed E-state index contributed by atoms with van der Waals surface area (Å²) < 4.78 is 10.2. The van der Waals surface area contributed by atoms with Gasteiger partial charge in [-0.05, 0) is 31.2 Å². The molecule has 7 nitrogen and oxygen atoms in total. The molecule has 2 rings (SSSR count). The molecular formula is C17H17ClN2O5S. The van der Waals surface area contributed by atoms with Crippen LogP contribution in [0.2, 0.25) is 5.02 Å². The number of nitrogens with two attached hydrogens (primary N) is 1. The summed E-state index contributed by atoms with van der Waals surface area (Å²) in [5.41, 5.74) is 6.43. The monoisotopic (exact) mass is 396 g/mol. The molecule has 0 saturated heterocycles. The number of ether oxygens (including phenoxy) is 2. The molecule has 1 heterocycles. The van der Waals surface area contributed by atoms with E-state index in [-0.39, 0.29) is 39.8 Å². The van der Waals surface area contributed by atoms with Gasteiger partial charge in [0.25, 0.3) is 5.91 Å². The average Bonchev–Trinajstić information content (AvgIpc) is 2.96. The molecule has 0 atom stereocenters. The molecule has 2 aromatic rings. The number of nitrogen functional groups attached to an aromatic ring is 1. The van der Waals surface area contributed by atoms with Crippen LogP contribution in [0.1, 0.15) is 42.9 Å². The van der Waals surface area contributed by atoms with Gasteiger partial charge in [-0.3, -0.25) is 4.79 Å². The van der Waals surface area contributed by atoms with E-state index in [0.717, 1.165) is 11.3 Å². The van der Waals surface area contributed by atoms with Crippen molar-refractivity contribution in [3.8, 4) is 0 Å². The number of esters is 2. The number of rotatable bonds is 6. The van der Waals surface area contributed by atoms with Crippen LogP contribution in [0.15, 0.2) is 24.3 Å². The van der Waals surface area contributed by atoms with Crippen LogP contribution >= 0.6 is 22.9 Å². The Hall–Kier alpha value is -2.58. The Bertz CT molecular complexity index is 832. The number of hydrogen-bond donors (Lipinski definition) is 2. The van der Waals surface area contributed by atoms with E-state index < -0.39 is 17.8 Å². The minimum absolute atomic E-state index is 0.0411. The number of amides is 1. The minimum atomic E-state index is -0.672. The van der Waals surface area contributed by atoms with E-state index in [2.05, 4.69) is 5.32 Å². The second-order valence-electron chi connectivity index (χ2n) is 5.03. The molecule has 26 heavy (non-hydrogen) atoms. The molecule has 0 aliphatic heterocycles. The second kappa shape index (κ2) is 8.68. The predicted octanol–water partition coefficient (Wildman–Crippen LogP) is 2.88. The zero-order valence-corrected chi connectivity index (χ0v) is 15.7. The highest BCUT2D eigenvalue weighted by atomic mass is 35.5. The Balaban J connectivity index is 2.30. The van der Waals surface area contributed by atoms with Gasteiger partial charge >= 0.3 is 11.9 Å². The van der Waals surface area contributed by atoms with Crippen molar-refractivity contribution in [2.24, 2.45) is 0 Å². The highest BCUT2D eigenvalue weighted by molar-refractivity contribution is 7.18. The Kier molecular flexibility index (Phi) is 6.59. The fraction of sp³-hybridized carbons (Fsp3) is 0.235. The Labute approximate surface area is 159 Å². The number of thiophene rings is 1. The van der Waals surface area contributed by atoms with Crippen molar-refractivity contribution in [3.05, 3.63) is 50.9 Å². The molecule has 0 spiro atoms. The number of carbonyl (C=O) groups is 3. The highest BCUT2D eigenvalue weighted by Gasteiger charge is 2.27. The van der Waals surface area contributed by atoms with Gasteiger partial charge in [0.05, 0.1) is 12.2 Å². The number of carbonyl (C=O) groups excluding carboxylic acids is 3. The lowest BCUT2D eigenvalue weighted by Gasteiger charge is -2.09. The van der Waals surface area contributed by atoms with Crippen molar-refractivity contribution in [2.45, 2.75) is 13.5 Å². The van der Waals surface area contributed by atoms with Gasteiger partial charge in [0.1, 0.15) is 22.0 Å². The molecule has 0 aliphatic rings. The third kappa shape index (κ3) is 4.33. The van der Waals surface area contributed by atoms with E-state index in [0.29, 0.717) is 5.02 Å². The molecule has 138 valence electrons. The first-order chi connectivity index (χ1) is 12.4. The smallest absolute Gasteiger partial charge is 0.341 e. The molecule has 3 N–H and O–H groups in total. The number of benzene rings is 1. The summed E-state index contributed by atoms with van der Waals surface area (Å²) in [6.45, 7) is 1.50.